The second kappa shape index (κ2) is 10.9. The van der Waals surface area contributed by atoms with E-state index in [1.54, 1.807) is 12.1 Å². The van der Waals surface area contributed by atoms with Gasteiger partial charge in [0.25, 0.3) is 0 Å². The number of hydrogen-bond acceptors (Lipinski definition) is 5. The molecule has 1 N–H and O–H groups in total. The van der Waals surface area contributed by atoms with E-state index in [1.165, 1.54) is 18.7 Å². The van der Waals surface area contributed by atoms with Crippen LogP contribution < -0.4 is 5.32 Å². The number of nitrogens with one attached hydrogen (secondary N) is 1. The number of aryl methyl sites for hydroxylation is 1. The van der Waals surface area contributed by atoms with Crippen molar-refractivity contribution in [3.8, 4) is 5.69 Å². The summed E-state index contributed by atoms with van der Waals surface area (Å²) in [6.45, 7) is 2.08. The summed E-state index contributed by atoms with van der Waals surface area (Å²) in [7, 11) is 0. The number of halogens is 2. The maximum absolute atomic E-state index is 12.6. The Hall–Kier alpha value is -1.97. The van der Waals surface area contributed by atoms with Gasteiger partial charge in [0.1, 0.15) is 5.82 Å². The third-order valence-electron chi connectivity index (χ3n) is 4.23. The second-order valence-corrected chi connectivity index (χ2v) is 9.29. The van der Waals surface area contributed by atoms with Gasteiger partial charge in [0.2, 0.25) is 5.91 Å². The van der Waals surface area contributed by atoms with Crippen LogP contribution in [0.2, 0.25) is 0 Å². The smallest absolute Gasteiger partial charge is 0.216 e. The van der Waals surface area contributed by atoms with Crippen LogP contribution in [0, 0.1) is 0 Å². The lowest BCUT2D eigenvalue weighted by Gasteiger charge is -2.10. The lowest BCUT2D eigenvalue weighted by molar-refractivity contribution is -0.118. The Balaban J connectivity index is 1.77. The van der Waals surface area contributed by atoms with Gasteiger partial charge in [-0.2, -0.15) is 0 Å². The molecule has 0 aliphatic rings. The monoisotopic (exact) mass is 550 g/mol. The number of carbonyl (C=O) groups is 2. The van der Waals surface area contributed by atoms with E-state index in [1.807, 2.05) is 41.0 Å². The normalized spacial score (nSPS) is 10.8. The molecule has 0 saturated carbocycles. The molecule has 9 heteroatoms. The molecule has 0 saturated heterocycles. The number of thioether (sulfide) groups is 1. The summed E-state index contributed by atoms with van der Waals surface area (Å²) < 4.78 is 3.89. The van der Waals surface area contributed by atoms with Gasteiger partial charge in [-0.05, 0) is 42.8 Å². The van der Waals surface area contributed by atoms with Gasteiger partial charge in [-0.3, -0.25) is 14.2 Å². The Labute approximate surface area is 196 Å². The number of aromatic nitrogens is 3. The third-order valence-corrected chi connectivity index (χ3v) is 6.22. The van der Waals surface area contributed by atoms with E-state index in [9.17, 15) is 9.59 Å². The van der Waals surface area contributed by atoms with Crippen LogP contribution in [0.5, 0.6) is 0 Å². The van der Waals surface area contributed by atoms with Crippen LogP contribution in [0.3, 0.4) is 0 Å². The highest BCUT2D eigenvalue weighted by atomic mass is 79.9. The first-order chi connectivity index (χ1) is 14.4. The number of nitrogens with zero attached hydrogens (tertiary/aromatic N) is 3. The molecule has 0 atom stereocenters. The number of hydrogen-bond donors (Lipinski definition) is 1. The summed E-state index contributed by atoms with van der Waals surface area (Å²) in [4.78, 5) is 23.6. The first-order valence-electron chi connectivity index (χ1n) is 9.30. The lowest BCUT2D eigenvalue weighted by Crippen LogP contribution is -2.21. The maximum atomic E-state index is 12.6. The second-order valence-electron chi connectivity index (χ2n) is 6.52. The van der Waals surface area contributed by atoms with Gasteiger partial charge in [-0.25, -0.2) is 0 Å². The molecule has 0 unspecified atom stereocenters. The van der Waals surface area contributed by atoms with Crippen molar-refractivity contribution in [1.82, 2.24) is 20.1 Å². The molecule has 0 aliphatic heterocycles. The fourth-order valence-electron chi connectivity index (χ4n) is 2.77. The third kappa shape index (κ3) is 6.26. The molecule has 0 aliphatic carbocycles. The average Bonchev–Trinajstić information content (AvgIpc) is 3.13. The molecule has 3 rings (SSSR count). The molecule has 0 spiro atoms. The summed E-state index contributed by atoms with van der Waals surface area (Å²) in [6.07, 6.45) is 1.40. The molecule has 6 nitrogen and oxygen atoms in total. The van der Waals surface area contributed by atoms with Gasteiger partial charge in [0, 0.05) is 40.1 Å². The number of carbonyl (C=O) groups excluding carboxylic acids is 2. The number of amides is 1. The van der Waals surface area contributed by atoms with E-state index in [0.29, 0.717) is 23.7 Å². The molecule has 0 fully saturated rings. The molecular weight excluding hydrogens is 532 g/mol. The van der Waals surface area contributed by atoms with Gasteiger partial charge in [0.15, 0.2) is 10.9 Å². The first kappa shape index (κ1) is 22.7. The van der Waals surface area contributed by atoms with E-state index in [0.717, 1.165) is 26.9 Å². The van der Waals surface area contributed by atoms with E-state index in [2.05, 4.69) is 47.4 Å². The van der Waals surface area contributed by atoms with Crippen LogP contribution >= 0.6 is 43.6 Å². The van der Waals surface area contributed by atoms with Crippen LogP contribution in [0.4, 0.5) is 0 Å². The minimum atomic E-state index is -0.0490. The minimum absolute atomic E-state index is 0.0325. The van der Waals surface area contributed by atoms with E-state index < -0.39 is 0 Å². The van der Waals surface area contributed by atoms with E-state index in [-0.39, 0.29) is 17.4 Å². The van der Waals surface area contributed by atoms with E-state index in [4.69, 9.17) is 0 Å². The molecular formula is C21H20Br2N4O2S. The number of ketones is 1. The zero-order chi connectivity index (χ0) is 21.5. The van der Waals surface area contributed by atoms with Crippen molar-refractivity contribution in [2.24, 2.45) is 0 Å². The van der Waals surface area contributed by atoms with Crippen LogP contribution in [-0.2, 0) is 11.2 Å². The molecule has 1 aromatic heterocycles. The fourth-order valence-corrected chi connectivity index (χ4v) is 4.16. The number of Topliss-reactive ketones (excluding diaryl/α,β-unsaturated/α-hetero) is 1. The standard InChI is InChI=1S/C21H20Br2N4O2S/c1-14(28)24-12-2-3-20-25-26-21(27(20)18-10-8-17(23)9-11-18)30-13-19(29)15-4-6-16(22)7-5-15/h4-11H,2-3,12-13H2,1H3,(H,24,28). The van der Waals surface area contributed by atoms with Crippen molar-refractivity contribution in [3.63, 3.8) is 0 Å². The van der Waals surface area contributed by atoms with Gasteiger partial charge >= 0.3 is 0 Å². The van der Waals surface area contributed by atoms with Gasteiger partial charge in [0.05, 0.1) is 5.75 Å². The van der Waals surface area contributed by atoms with Crippen molar-refractivity contribution in [2.45, 2.75) is 24.9 Å². The number of benzene rings is 2. The molecule has 0 bridgehead atoms. The van der Waals surface area contributed by atoms with Crippen LogP contribution in [0.1, 0.15) is 29.5 Å². The summed E-state index contributed by atoms with van der Waals surface area (Å²) in [5.41, 5.74) is 1.59. The maximum Gasteiger partial charge on any atom is 0.216 e. The topological polar surface area (TPSA) is 76.9 Å². The highest BCUT2D eigenvalue weighted by molar-refractivity contribution is 9.10. The Kier molecular flexibility index (Phi) is 8.24. The van der Waals surface area contributed by atoms with Gasteiger partial charge in [-0.1, -0.05) is 55.8 Å². The highest BCUT2D eigenvalue weighted by Gasteiger charge is 2.16. The molecule has 2 aromatic carbocycles. The van der Waals surface area contributed by atoms with Gasteiger partial charge < -0.3 is 5.32 Å². The highest BCUT2D eigenvalue weighted by Crippen LogP contribution is 2.25. The summed E-state index contributed by atoms with van der Waals surface area (Å²) in [6, 6.07) is 15.2. The predicted molar refractivity (Wildman–Crippen MR) is 125 cm³/mol. The zero-order valence-corrected chi connectivity index (χ0v) is 20.3. The molecule has 156 valence electrons. The van der Waals surface area contributed by atoms with Crippen molar-refractivity contribution in [1.29, 1.82) is 0 Å². The van der Waals surface area contributed by atoms with Crippen molar-refractivity contribution in [3.05, 3.63) is 68.9 Å². The van der Waals surface area contributed by atoms with Crippen LogP contribution in [0.15, 0.2) is 62.6 Å². The fraction of sp³-hybridized carbons (Fsp3) is 0.238. The minimum Gasteiger partial charge on any atom is -0.356 e. The quantitative estimate of drug-likeness (QED) is 0.234. The van der Waals surface area contributed by atoms with Crippen LogP contribution in [0.25, 0.3) is 5.69 Å². The van der Waals surface area contributed by atoms with Crippen LogP contribution in [-0.4, -0.2) is 38.8 Å². The molecule has 1 heterocycles. The Morgan fingerprint density at radius 2 is 1.63 bits per heavy atom. The van der Waals surface area contributed by atoms with Gasteiger partial charge in [-0.15, -0.1) is 10.2 Å². The van der Waals surface area contributed by atoms with Crippen molar-refractivity contribution >= 4 is 55.3 Å². The summed E-state index contributed by atoms with van der Waals surface area (Å²) in [5.74, 6) is 1.04. The molecule has 30 heavy (non-hydrogen) atoms. The summed E-state index contributed by atoms with van der Waals surface area (Å²) >= 11 is 8.20. The predicted octanol–water partition coefficient (Wildman–Crippen LogP) is 4.84. The Morgan fingerprint density at radius 3 is 2.27 bits per heavy atom. The summed E-state index contributed by atoms with van der Waals surface area (Å²) in [5, 5.41) is 12.1. The lowest BCUT2D eigenvalue weighted by atomic mass is 10.2. The molecule has 0 radical (unpaired) electrons. The molecule has 3 aromatic rings. The SMILES string of the molecule is CC(=O)NCCCc1nnc(SCC(=O)c2ccc(Br)cc2)n1-c1ccc(Br)cc1. The van der Waals surface area contributed by atoms with Crippen molar-refractivity contribution < 1.29 is 9.59 Å². The largest absolute Gasteiger partial charge is 0.356 e. The Bertz CT molecular complexity index is 1020. The number of rotatable bonds is 9. The Morgan fingerprint density at radius 1 is 1.00 bits per heavy atom. The first-order valence-corrected chi connectivity index (χ1v) is 11.9. The van der Waals surface area contributed by atoms with E-state index >= 15 is 0 Å². The molecule has 1 amide bonds. The zero-order valence-electron chi connectivity index (χ0n) is 16.3. The van der Waals surface area contributed by atoms with Crippen molar-refractivity contribution in [2.75, 3.05) is 12.3 Å². The average molecular weight is 552 g/mol.